The number of rotatable bonds is 9. The highest BCUT2D eigenvalue weighted by atomic mass is 32.1. The number of aliphatic hydroxyl groups excluding tert-OH is 1. The minimum absolute atomic E-state index is 0.0313. The second-order valence-electron chi connectivity index (χ2n) is 8.05. The van der Waals surface area contributed by atoms with Crippen molar-refractivity contribution in [1.82, 2.24) is 15.0 Å². The van der Waals surface area contributed by atoms with Crippen LogP contribution in [0.15, 0.2) is 12.1 Å². The minimum atomic E-state index is -1.30. The second kappa shape index (κ2) is 10.8. The Labute approximate surface area is 183 Å². The normalized spacial score (nSPS) is 12.5. The molecule has 0 aliphatic carbocycles. The number of nitrogens with one attached hydrogen (secondary N) is 3. The van der Waals surface area contributed by atoms with Crippen molar-refractivity contribution in [1.29, 1.82) is 0 Å². The van der Waals surface area contributed by atoms with E-state index in [9.17, 15) is 23.1 Å². The lowest BCUT2D eigenvalue weighted by Crippen LogP contribution is -2.42. The number of carbonyl (C=O) groups is 1. The van der Waals surface area contributed by atoms with Crippen LogP contribution in [0.4, 0.5) is 23.0 Å². The average molecular weight is 461 g/mol. The summed E-state index contributed by atoms with van der Waals surface area (Å²) in [6.45, 7) is 7.36. The molecular weight excluding hydrogens is 433 g/mol. The number of amides is 2. The monoisotopic (exact) mass is 460 g/mol. The maximum absolute atomic E-state index is 13.9. The van der Waals surface area contributed by atoms with Crippen LogP contribution in [0.3, 0.4) is 0 Å². The highest BCUT2D eigenvalue weighted by Gasteiger charge is 2.18. The molecule has 0 bridgehead atoms. The Kier molecular flexibility index (Phi) is 8.66. The molecule has 4 N–H and O–H groups in total. The molecule has 0 saturated carbocycles. The first-order chi connectivity index (χ1) is 14.5. The summed E-state index contributed by atoms with van der Waals surface area (Å²) in [6.07, 6.45) is -0.229. The Morgan fingerprint density at radius 2 is 1.97 bits per heavy atom. The summed E-state index contributed by atoms with van der Waals surface area (Å²) in [4.78, 5) is 11.9. The Bertz CT molecular complexity index is 903. The van der Waals surface area contributed by atoms with Gasteiger partial charge in [-0.2, -0.15) is 4.37 Å². The maximum atomic E-state index is 13.9. The van der Waals surface area contributed by atoms with E-state index in [-0.39, 0.29) is 23.5 Å². The van der Waals surface area contributed by atoms with E-state index in [0.717, 1.165) is 17.6 Å². The number of carbonyl (C=O) groups excluding carboxylic acids is 1. The number of hydrogen-bond acceptors (Lipinski definition) is 6. The molecule has 0 saturated heterocycles. The maximum Gasteiger partial charge on any atom is 0.319 e. The molecule has 2 rings (SSSR count). The fraction of sp³-hybridized carbons (Fsp3) is 0.500. The van der Waals surface area contributed by atoms with Gasteiger partial charge in [-0.05, 0) is 57.3 Å². The number of β-amino-alcohol motifs (C(OH)–C–C–N with tert-alkyl or cyclic N) is 1. The summed E-state index contributed by atoms with van der Waals surface area (Å²) in [7, 11) is 0. The lowest BCUT2D eigenvalue weighted by molar-refractivity contribution is 0.151. The second-order valence-corrected chi connectivity index (χ2v) is 8.86. The van der Waals surface area contributed by atoms with Gasteiger partial charge in [-0.1, -0.05) is 0 Å². The molecule has 1 atom stereocenters. The van der Waals surface area contributed by atoms with Crippen LogP contribution in [-0.2, 0) is 6.61 Å². The standard InChI is InChI=1S/C20H27F3N4O3S/c1-11-7-14(21)13(18(23)17(11)22)10-30-15-8-16(31-27-15)26-19(29)24-6-5-12(28)9-25-20(2,3)4/h7-8,12,25,28H,5-6,9-10H2,1-4H3,(H2,24,26,29). The van der Waals surface area contributed by atoms with Crippen molar-refractivity contribution in [2.24, 2.45) is 0 Å². The van der Waals surface area contributed by atoms with Gasteiger partial charge in [-0.3, -0.25) is 5.32 Å². The lowest BCUT2D eigenvalue weighted by Gasteiger charge is -2.22. The Hall–Kier alpha value is -2.37. The number of benzene rings is 1. The van der Waals surface area contributed by atoms with Crippen molar-refractivity contribution in [2.75, 3.05) is 18.4 Å². The van der Waals surface area contributed by atoms with Crippen LogP contribution < -0.4 is 20.7 Å². The van der Waals surface area contributed by atoms with Crippen LogP contribution in [0.25, 0.3) is 0 Å². The van der Waals surface area contributed by atoms with Crippen LogP contribution in [0.5, 0.6) is 5.88 Å². The Morgan fingerprint density at radius 1 is 1.26 bits per heavy atom. The third kappa shape index (κ3) is 8.00. The van der Waals surface area contributed by atoms with E-state index in [1.54, 1.807) is 0 Å². The predicted octanol–water partition coefficient (Wildman–Crippen LogP) is 3.71. The Morgan fingerprint density at radius 3 is 2.65 bits per heavy atom. The molecule has 0 radical (unpaired) electrons. The summed E-state index contributed by atoms with van der Waals surface area (Å²) < 4.78 is 50.5. The number of nitrogens with zero attached hydrogens (tertiary/aromatic N) is 1. The summed E-state index contributed by atoms with van der Waals surface area (Å²) >= 11 is 0.910. The first kappa shape index (κ1) is 24.9. The van der Waals surface area contributed by atoms with Crippen molar-refractivity contribution >= 4 is 22.6 Å². The van der Waals surface area contributed by atoms with Gasteiger partial charge < -0.3 is 20.5 Å². The molecule has 2 amide bonds. The van der Waals surface area contributed by atoms with E-state index >= 15 is 0 Å². The summed E-state index contributed by atoms with van der Waals surface area (Å²) in [5, 5.41) is 18.6. The summed E-state index contributed by atoms with van der Waals surface area (Å²) in [5.74, 6) is -3.31. The highest BCUT2D eigenvalue weighted by molar-refractivity contribution is 7.10. The van der Waals surface area contributed by atoms with Gasteiger partial charge in [0.05, 0.1) is 11.7 Å². The van der Waals surface area contributed by atoms with Crippen LogP contribution in [0, 0.1) is 24.4 Å². The largest absolute Gasteiger partial charge is 0.472 e. The van der Waals surface area contributed by atoms with Gasteiger partial charge in [0, 0.05) is 24.7 Å². The van der Waals surface area contributed by atoms with E-state index in [1.807, 2.05) is 20.8 Å². The van der Waals surface area contributed by atoms with Gasteiger partial charge in [-0.25, -0.2) is 18.0 Å². The third-order valence-corrected chi connectivity index (χ3v) is 4.84. The number of anilines is 1. The molecule has 7 nitrogen and oxygen atoms in total. The number of aromatic nitrogens is 1. The quantitative estimate of drug-likeness (QED) is 0.428. The van der Waals surface area contributed by atoms with Gasteiger partial charge in [0.1, 0.15) is 17.4 Å². The number of hydrogen-bond donors (Lipinski definition) is 4. The molecule has 11 heteroatoms. The molecular formula is C20H27F3N4O3S. The number of halogens is 3. The molecule has 1 unspecified atom stereocenters. The molecule has 0 fully saturated rings. The molecule has 0 aliphatic rings. The van der Waals surface area contributed by atoms with E-state index < -0.39 is 41.8 Å². The molecule has 1 aromatic heterocycles. The molecule has 0 aliphatic heterocycles. The lowest BCUT2D eigenvalue weighted by atomic mass is 10.1. The molecule has 1 aromatic carbocycles. The fourth-order valence-corrected chi connectivity index (χ4v) is 3.04. The number of ether oxygens (including phenoxy) is 1. The first-order valence-corrected chi connectivity index (χ1v) is 10.4. The fourth-order valence-electron chi connectivity index (χ4n) is 2.45. The molecule has 172 valence electrons. The number of aryl methyl sites for hydroxylation is 1. The average Bonchev–Trinajstić information content (AvgIpc) is 3.11. The van der Waals surface area contributed by atoms with Gasteiger partial charge in [0.15, 0.2) is 11.6 Å². The van der Waals surface area contributed by atoms with Crippen molar-refractivity contribution in [3.63, 3.8) is 0 Å². The van der Waals surface area contributed by atoms with Gasteiger partial charge in [-0.15, -0.1) is 0 Å². The van der Waals surface area contributed by atoms with Crippen LogP contribution >= 0.6 is 11.5 Å². The minimum Gasteiger partial charge on any atom is -0.472 e. The van der Waals surface area contributed by atoms with E-state index in [1.165, 1.54) is 13.0 Å². The zero-order valence-corrected chi connectivity index (χ0v) is 18.6. The van der Waals surface area contributed by atoms with Crippen molar-refractivity contribution < 1.29 is 27.8 Å². The Balaban J connectivity index is 1.78. The molecule has 0 spiro atoms. The van der Waals surface area contributed by atoms with Crippen LogP contribution in [0.2, 0.25) is 0 Å². The van der Waals surface area contributed by atoms with Gasteiger partial charge in [0.2, 0.25) is 5.88 Å². The van der Waals surface area contributed by atoms with Gasteiger partial charge in [0.25, 0.3) is 0 Å². The van der Waals surface area contributed by atoms with Crippen molar-refractivity contribution in [3.8, 4) is 5.88 Å². The van der Waals surface area contributed by atoms with E-state index in [2.05, 4.69) is 20.3 Å². The van der Waals surface area contributed by atoms with Crippen LogP contribution in [-0.4, -0.2) is 40.2 Å². The topological polar surface area (TPSA) is 95.5 Å². The van der Waals surface area contributed by atoms with E-state index in [0.29, 0.717) is 18.0 Å². The third-order valence-electron chi connectivity index (χ3n) is 4.16. The summed E-state index contributed by atoms with van der Waals surface area (Å²) in [5.41, 5.74) is -0.783. The molecule has 1 heterocycles. The first-order valence-electron chi connectivity index (χ1n) is 9.66. The van der Waals surface area contributed by atoms with E-state index in [4.69, 9.17) is 4.74 Å². The van der Waals surface area contributed by atoms with Crippen LogP contribution in [0.1, 0.15) is 38.3 Å². The summed E-state index contributed by atoms with van der Waals surface area (Å²) in [6, 6.07) is 1.78. The SMILES string of the molecule is Cc1cc(F)c(COc2cc(NC(=O)NCCC(O)CNC(C)(C)C)sn2)c(F)c1F. The zero-order valence-electron chi connectivity index (χ0n) is 17.8. The predicted molar refractivity (Wildman–Crippen MR) is 113 cm³/mol. The highest BCUT2D eigenvalue weighted by Crippen LogP contribution is 2.25. The molecule has 31 heavy (non-hydrogen) atoms. The number of aliphatic hydroxyl groups is 1. The molecule has 2 aromatic rings. The van der Waals surface area contributed by atoms with Crippen molar-refractivity contribution in [2.45, 2.75) is 52.4 Å². The zero-order chi connectivity index (χ0) is 23.2. The van der Waals surface area contributed by atoms with Gasteiger partial charge >= 0.3 is 6.03 Å². The number of urea groups is 1. The smallest absolute Gasteiger partial charge is 0.319 e. The van der Waals surface area contributed by atoms with Crippen molar-refractivity contribution in [3.05, 3.63) is 40.7 Å².